The molecule has 0 aliphatic rings. The van der Waals surface area contributed by atoms with E-state index in [9.17, 15) is 10.2 Å². The molecular formula is C15H16O2. The zero-order valence-corrected chi connectivity index (χ0v) is 9.85. The summed E-state index contributed by atoms with van der Waals surface area (Å²) in [5.74, 6) is 0.618. The minimum absolute atomic E-state index is 0.272. The molecular weight excluding hydrogens is 212 g/mol. The van der Waals surface area contributed by atoms with Crippen molar-refractivity contribution in [3.8, 4) is 11.5 Å². The molecule has 0 bridgehead atoms. The summed E-state index contributed by atoms with van der Waals surface area (Å²) in [6.07, 6.45) is 1.35. The Bertz CT molecular complexity index is 518. The average Bonchev–Trinajstić information content (AvgIpc) is 2.34. The standard InChI is InChI=1S/C15H16O2/c1-2-11-7-5-8-13(15(11)17)10-12-6-3-4-9-14(12)16/h3-9,16-17H,2,10H2,1H3. The van der Waals surface area contributed by atoms with Crippen LogP contribution in [-0.2, 0) is 12.8 Å². The Kier molecular flexibility index (Phi) is 3.33. The van der Waals surface area contributed by atoms with E-state index in [0.717, 1.165) is 23.1 Å². The number of aryl methyl sites for hydroxylation is 1. The van der Waals surface area contributed by atoms with Gasteiger partial charge in [0.15, 0.2) is 0 Å². The smallest absolute Gasteiger partial charge is 0.122 e. The van der Waals surface area contributed by atoms with E-state index < -0.39 is 0 Å². The van der Waals surface area contributed by atoms with Gasteiger partial charge in [-0.1, -0.05) is 43.3 Å². The fourth-order valence-corrected chi connectivity index (χ4v) is 1.94. The molecule has 0 saturated heterocycles. The van der Waals surface area contributed by atoms with Crippen LogP contribution in [0.2, 0.25) is 0 Å². The van der Waals surface area contributed by atoms with Crippen molar-refractivity contribution in [3.05, 3.63) is 59.2 Å². The predicted molar refractivity (Wildman–Crippen MR) is 68.4 cm³/mol. The molecule has 0 heterocycles. The highest BCUT2D eigenvalue weighted by Crippen LogP contribution is 2.27. The van der Waals surface area contributed by atoms with Crippen molar-refractivity contribution in [2.24, 2.45) is 0 Å². The van der Waals surface area contributed by atoms with Crippen LogP contribution in [0.15, 0.2) is 42.5 Å². The lowest BCUT2D eigenvalue weighted by Gasteiger charge is -2.09. The summed E-state index contributed by atoms with van der Waals surface area (Å²) in [4.78, 5) is 0. The normalized spacial score (nSPS) is 10.4. The van der Waals surface area contributed by atoms with Crippen molar-refractivity contribution in [2.75, 3.05) is 0 Å². The first-order valence-electron chi connectivity index (χ1n) is 5.79. The molecule has 0 aliphatic heterocycles. The third kappa shape index (κ3) is 2.41. The molecule has 0 aliphatic carbocycles. The monoisotopic (exact) mass is 228 g/mol. The van der Waals surface area contributed by atoms with Gasteiger partial charge in [-0.05, 0) is 29.2 Å². The summed E-state index contributed by atoms with van der Waals surface area (Å²) < 4.78 is 0. The van der Waals surface area contributed by atoms with Gasteiger partial charge in [0.1, 0.15) is 11.5 Å². The summed E-state index contributed by atoms with van der Waals surface area (Å²) in [5, 5.41) is 19.8. The van der Waals surface area contributed by atoms with E-state index in [-0.39, 0.29) is 5.75 Å². The molecule has 2 heteroatoms. The van der Waals surface area contributed by atoms with Gasteiger partial charge in [-0.2, -0.15) is 0 Å². The highest BCUT2D eigenvalue weighted by atomic mass is 16.3. The molecule has 2 aromatic rings. The molecule has 0 amide bonds. The predicted octanol–water partition coefficient (Wildman–Crippen LogP) is 3.25. The Morgan fingerprint density at radius 1 is 0.824 bits per heavy atom. The maximum Gasteiger partial charge on any atom is 0.122 e. The first-order valence-corrected chi connectivity index (χ1v) is 5.79. The van der Waals surface area contributed by atoms with Gasteiger partial charge in [0, 0.05) is 6.42 Å². The SMILES string of the molecule is CCc1cccc(Cc2ccccc2O)c1O. The molecule has 0 fully saturated rings. The third-order valence-electron chi connectivity index (χ3n) is 2.96. The minimum Gasteiger partial charge on any atom is -0.508 e. The number of hydrogen-bond acceptors (Lipinski definition) is 2. The maximum absolute atomic E-state index is 10.1. The van der Waals surface area contributed by atoms with Crippen LogP contribution < -0.4 is 0 Å². The largest absolute Gasteiger partial charge is 0.508 e. The second-order valence-electron chi connectivity index (χ2n) is 4.08. The van der Waals surface area contributed by atoms with Crippen molar-refractivity contribution in [1.82, 2.24) is 0 Å². The topological polar surface area (TPSA) is 40.5 Å². The van der Waals surface area contributed by atoms with Gasteiger partial charge in [0.25, 0.3) is 0 Å². The Hall–Kier alpha value is -1.96. The summed E-state index contributed by atoms with van der Waals surface area (Å²) in [6, 6.07) is 13.0. The molecule has 2 aromatic carbocycles. The van der Waals surface area contributed by atoms with Crippen molar-refractivity contribution in [1.29, 1.82) is 0 Å². The molecule has 0 radical (unpaired) electrons. The fraction of sp³-hybridized carbons (Fsp3) is 0.200. The first-order chi connectivity index (χ1) is 8.22. The van der Waals surface area contributed by atoms with Gasteiger partial charge < -0.3 is 10.2 Å². The summed E-state index contributed by atoms with van der Waals surface area (Å²) in [5.41, 5.74) is 2.62. The van der Waals surface area contributed by atoms with E-state index in [0.29, 0.717) is 12.2 Å². The Morgan fingerprint density at radius 2 is 1.47 bits per heavy atom. The van der Waals surface area contributed by atoms with Gasteiger partial charge in [0.05, 0.1) is 0 Å². The van der Waals surface area contributed by atoms with Crippen LogP contribution in [0.1, 0.15) is 23.6 Å². The number of benzene rings is 2. The van der Waals surface area contributed by atoms with Crippen LogP contribution in [0.5, 0.6) is 11.5 Å². The Labute approximate surface area is 101 Å². The maximum atomic E-state index is 10.1. The molecule has 0 aromatic heterocycles. The molecule has 2 N–H and O–H groups in total. The molecule has 0 saturated carbocycles. The van der Waals surface area contributed by atoms with Crippen molar-refractivity contribution < 1.29 is 10.2 Å². The van der Waals surface area contributed by atoms with E-state index in [4.69, 9.17) is 0 Å². The summed E-state index contributed by atoms with van der Waals surface area (Å²) >= 11 is 0. The third-order valence-corrected chi connectivity index (χ3v) is 2.96. The van der Waals surface area contributed by atoms with Gasteiger partial charge in [0.2, 0.25) is 0 Å². The molecule has 17 heavy (non-hydrogen) atoms. The second-order valence-corrected chi connectivity index (χ2v) is 4.08. The number of aromatic hydroxyl groups is 2. The second kappa shape index (κ2) is 4.91. The number of phenolic OH excluding ortho intramolecular Hbond substituents is 2. The molecule has 2 rings (SSSR count). The average molecular weight is 228 g/mol. The zero-order chi connectivity index (χ0) is 12.3. The van der Waals surface area contributed by atoms with Gasteiger partial charge in [-0.3, -0.25) is 0 Å². The minimum atomic E-state index is 0.272. The van der Waals surface area contributed by atoms with Gasteiger partial charge >= 0.3 is 0 Å². The molecule has 0 unspecified atom stereocenters. The van der Waals surface area contributed by atoms with Crippen LogP contribution in [0, 0.1) is 0 Å². The van der Waals surface area contributed by atoms with Gasteiger partial charge in [-0.25, -0.2) is 0 Å². The fourth-order valence-electron chi connectivity index (χ4n) is 1.94. The van der Waals surface area contributed by atoms with Crippen LogP contribution in [0.3, 0.4) is 0 Å². The zero-order valence-electron chi connectivity index (χ0n) is 9.85. The molecule has 2 nitrogen and oxygen atoms in total. The van der Waals surface area contributed by atoms with Gasteiger partial charge in [-0.15, -0.1) is 0 Å². The molecule has 0 spiro atoms. The van der Waals surface area contributed by atoms with E-state index in [1.807, 2.05) is 37.3 Å². The van der Waals surface area contributed by atoms with Crippen molar-refractivity contribution in [2.45, 2.75) is 19.8 Å². The van der Waals surface area contributed by atoms with E-state index in [2.05, 4.69) is 0 Å². The lowest BCUT2D eigenvalue weighted by Crippen LogP contribution is -1.92. The highest BCUT2D eigenvalue weighted by Gasteiger charge is 2.08. The van der Waals surface area contributed by atoms with Crippen LogP contribution >= 0.6 is 0 Å². The molecule has 0 atom stereocenters. The summed E-state index contributed by atoms with van der Waals surface area (Å²) in [6.45, 7) is 2.01. The summed E-state index contributed by atoms with van der Waals surface area (Å²) in [7, 11) is 0. The van der Waals surface area contributed by atoms with Crippen LogP contribution in [0.4, 0.5) is 0 Å². The molecule has 88 valence electrons. The number of hydrogen-bond donors (Lipinski definition) is 2. The number of phenols is 2. The highest BCUT2D eigenvalue weighted by molar-refractivity contribution is 5.45. The number of rotatable bonds is 3. The van der Waals surface area contributed by atoms with Crippen LogP contribution in [-0.4, -0.2) is 10.2 Å². The van der Waals surface area contributed by atoms with Crippen molar-refractivity contribution in [3.63, 3.8) is 0 Å². The lowest BCUT2D eigenvalue weighted by atomic mass is 10.00. The van der Waals surface area contributed by atoms with E-state index >= 15 is 0 Å². The van der Waals surface area contributed by atoms with E-state index in [1.54, 1.807) is 12.1 Å². The quantitative estimate of drug-likeness (QED) is 0.846. The van der Waals surface area contributed by atoms with Crippen LogP contribution in [0.25, 0.3) is 0 Å². The van der Waals surface area contributed by atoms with E-state index in [1.165, 1.54) is 0 Å². The van der Waals surface area contributed by atoms with Crippen molar-refractivity contribution >= 4 is 0 Å². The first kappa shape index (κ1) is 11.5. The lowest BCUT2D eigenvalue weighted by molar-refractivity contribution is 0.459. The Balaban J connectivity index is 2.34. The Morgan fingerprint density at radius 3 is 2.18 bits per heavy atom. The number of para-hydroxylation sites is 2.